The van der Waals surface area contributed by atoms with Crippen LogP contribution in [0.15, 0.2) is 18.3 Å². The summed E-state index contributed by atoms with van der Waals surface area (Å²) in [7, 11) is 0. The molecule has 2 aromatic rings. The van der Waals surface area contributed by atoms with E-state index in [0.29, 0.717) is 5.75 Å². The zero-order valence-electron chi connectivity index (χ0n) is 11.4. The van der Waals surface area contributed by atoms with Crippen LogP contribution in [0, 0.1) is 0 Å². The Kier molecular flexibility index (Phi) is 3.38. The highest BCUT2D eigenvalue weighted by atomic mass is 16.5. The Labute approximate surface area is 111 Å². The van der Waals surface area contributed by atoms with Gasteiger partial charge < -0.3 is 4.74 Å². The molecule has 0 aliphatic rings. The standard InChI is InChI=1S/C14H16N2O3/c1-8(2)12-6-13-11(5-14(12)19-10(4)18)7-15-16(13)9(3)17/h5-8H,1-4H3. The van der Waals surface area contributed by atoms with Gasteiger partial charge in [0.05, 0.1) is 11.7 Å². The molecule has 19 heavy (non-hydrogen) atoms. The van der Waals surface area contributed by atoms with Gasteiger partial charge in [-0.05, 0) is 23.6 Å². The van der Waals surface area contributed by atoms with Crippen molar-refractivity contribution < 1.29 is 14.3 Å². The number of esters is 1. The number of hydrogen-bond acceptors (Lipinski definition) is 4. The lowest BCUT2D eigenvalue weighted by Gasteiger charge is -2.12. The van der Waals surface area contributed by atoms with Gasteiger partial charge in [-0.1, -0.05) is 13.8 Å². The zero-order chi connectivity index (χ0) is 14.2. The molecule has 0 saturated carbocycles. The highest BCUT2D eigenvalue weighted by molar-refractivity contribution is 5.91. The summed E-state index contributed by atoms with van der Waals surface area (Å²) in [4.78, 5) is 22.6. The molecule has 0 amide bonds. The van der Waals surface area contributed by atoms with Gasteiger partial charge >= 0.3 is 5.97 Å². The molecule has 5 heteroatoms. The van der Waals surface area contributed by atoms with E-state index in [4.69, 9.17) is 4.74 Å². The average molecular weight is 260 g/mol. The molecule has 0 spiro atoms. The molecule has 0 bridgehead atoms. The van der Waals surface area contributed by atoms with Crippen LogP contribution in [-0.4, -0.2) is 21.7 Å². The summed E-state index contributed by atoms with van der Waals surface area (Å²) in [6.45, 7) is 6.83. The van der Waals surface area contributed by atoms with Crippen molar-refractivity contribution in [2.24, 2.45) is 0 Å². The van der Waals surface area contributed by atoms with Crippen LogP contribution in [0.5, 0.6) is 5.75 Å². The highest BCUT2D eigenvalue weighted by Gasteiger charge is 2.15. The molecule has 5 nitrogen and oxygen atoms in total. The smallest absolute Gasteiger partial charge is 0.308 e. The molecule has 2 rings (SSSR count). The first-order valence-corrected chi connectivity index (χ1v) is 6.11. The molecule has 0 aliphatic heterocycles. The first-order valence-electron chi connectivity index (χ1n) is 6.11. The Bertz CT molecular complexity index is 656. The Balaban J connectivity index is 2.67. The van der Waals surface area contributed by atoms with E-state index in [9.17, 15) is 9.59 Å². The molecule has 0 saturated heterocycles. The average Bonchev–Trinajstić information content (AvgIpc) is 2.69. The van der Waals surface area contributed by atoms with Gasteiger partial charge in [0.2, 0.25) is 5.91 Å². The van der Waals surface area contributed by atoms with E-state index in [0.717, 1.165) is 16.5 Å². The van der Waals surface area contributed by atoms with Crippen LogP contribution in [0.3, 0.4) is 0 Å². The van der Waals surface area contributed by atoms with Gasteiger partial charge in [-0.3, -0.25) is 9.59 Å². The SMILES string of the molecule is CC(=O)Oc1cc2cnn(C(C)=O)c2cc1C(C)C. The lowest BCUT2D eigenvalue weighted by atomic mass is 10.0. The van der Waals surface area contributed by atoms with Crippen molar-refractivity contribution in [3.8, 4) is 5.75 Å². The van der Waals surface area contributed by atoms with Crippen molar-refractivity contribution in [1.29, 1.82) is 0 Å². The van der Waals surface area contributed by atoms with Crippen molar-refractivity contribution in [2.45, 2.75) is 33.6 Å². The largest absolute Gasteiger partial charge is 0.426 e. The minimum atomic E-state index is -0.361. The molecule has 0 aliphatic carbocycles. The summed E-state index contributed by atoms with van der Waals surface area (Å²) in [5.74, 6) is 0.192. The number of hydrogen-bond donors (Lipinski definition) is 0. The first kappa shape index (κ1) is 13.3. The van der Waals surface area contributed by atoms with Gasteiger partial charge in [0.1, 0.15) is 5.75 Å². The second kappa shape index (κ2) is 4.84. The van der Waals surface area contributed by atoms with Crippen LogP contribution in [-0.2, 0) is 4.79 Å². The molecule has 1 aromatic carbocycles. The van der Waals surface area contributed by atoms with Crippen LogP contribution in [0.2, 0.25) is 0 Å². The summed E-state index contributed by atoms with van der Waals surface area (Å²) in [6.07, 6.45) is 1.59. The maximum absolute atomic E-state index is 11.5. The van der Waals surface area contributed by atoms with E-state index in [1.807, 2.05) is 19.9 Å². The normalized spacial score (nSPS) is 11.0. The number of carbonyl (C=O) groups excluding carboxylic acids is 2. The van der Waals surface area contributed by atoms with E-state index < -0.39 is 0 Å². The summed E-state index contributed by atoms with van der Waals surface area (Å²) in [6, 6.07) is 3.60. The Hall–Kier alpha value is -2.17. The van der Waals surface area contributed by atoms with Gasteiger partial charge in [-0.2, -0.15) is 5.10 Å². The zero-order valence-corrected chi connectivity index (χ0v) is 11.4. The number of ether oxygens (including phenoxy) is 1. The van der Waals surface area contributed by atoms with Crippen molar-refractivity contribution >= 4 is 22.8 Å². The number of benzene rings is 1. The third-order valence-corrected chi connectivity index (χ3v) is 2.87. The van der Waals surface area contributed by atoms with Crippen molar-refractivity contribution in [2.75, 3.05) is 0 Å². The summed E-state index contributed by atoms with van der Waals surface area (Å²) in [5.41, 5.74) is 1.61. The fourth-order valence-electron chi connectivity index (χ4n) is 2.01. The monoisotopic (exact) mass is 260 g/mol. The van der Waals surface area contributed by atoms with Crippen LogP contribution in [0.4, 0.5) is 0 Å². The molecule has 0 atom stereocenters. The number of rotatable bonds is 2. The van der Waals surface area contributed by atoms with Crippen molar-refractivity contribution in [3.63, 3.8) is 0 Å². The van der Waals surface area contributed by atoms with Gasteiger partial charge in [0.15, 0.2) is 0 Å². The molecular formula is C14H16N2O3. The maximum Gasteiger partial charge on any atom is 0.308 e. The Morgan fingerprint density at radius 1 is 1.26 bits per heavy atom. The fraction of sp³-hybridized carbons (Fsp3) is 0.357. The van der Waals surface area contributed by atoms with Crippen LogP contribution >= 0.6 is 0 Å². The molecule has 0 fully saturated rings. The molecule has 0 radical (unpaired) electrons. The number of carbonyl (C=O) groups is 2. The molecular weight excluding hydrogens is 244 g/mol. The summed E-state index contributed by atoms with van der Waals surface area (Å²) >= 11 is 0. The van der Waals surface area contributed by atoms with E-state index in [-0.39, 0.29) is 17.8 Å². The topological polar surface area (TPSA) is 61.2 Å². The second-order valence-electron chi connectivity index (χ2n) is 4.77. The third kappa shape index (κ3) is 2.50. The lowest BCUT2D eigenvalue weighted by Crippen LogP contribution is -2.08. The van der Waals surface area contributed by atoms with Crippen LogP contribution in [0.25, 0.3) is 10.9 Å². The predicted octanol–water partition coefficient (Wildman–Crippen LogP) is 2.75. The maximum atomic E-state index is 11.5. The molecule has 0 unspecified atom stereocenters. The minimum Gasteiger partial charge on any atom is -0.426 e. The van der Waals surface area contributed by atoms with Gasteiger partial charge in [0, 0.05) is 19.2 Å². The Morgan fingerprint density at radius 3 is 2.47 bits per heavy atom. The number of aromatic nitrogens is 2. The van der Waals surface area contributed by atoms with Crippen molar-refractivity contribution in [1.82, 2.24) is 9.78 Å². The van der Waals surface area contributed by atoms with Crippen molar-refractivity contribution in [3.05, 3.63) is 23.9 Å². The predicted molar refractivity (Wildman–Crippen MR) is 71.4 cm³/mol. The van der Waals surface area contributed by atoms with E-state index >= 15 is 0 Å². The molecule has 0 N–H and O–H groups in total. The third-order valence-electron chi connectivity index (χ3n) is 2.87. The van der Waals surface area contributed by atoms with E-state index in [1.165, 1.54) is 18.5 Å². The van der Waals surface area contributed by atoms with Crippen LogP contribution < -0.4 is 4.74 Å². The van der Waals surface area contributed by atoms with Gasteiger partial charge in [-0.15, -0.1) is 0 Å². The summed E-state index contributed by atoms with van der Waals surface area (Å²) in [5, 5.41) is 4.82. The molecule has 1 aromatic heterocycles. The number of nitrogens with zero attached hydrogens (tertiary/aromatic N) is 2. The lowest BCUT2D eigenvalue weighted by molar-refractivity contribution is -0.131. The Morgan fingerprint density at radius 2 is 1.95 bits per heavy atom. The highest BCUT2D eigenvalue weighted by Crippen LogP contribution is 2.31. The van der Waals surface area contributed by atoms with E-state index in [2.05, 4.69) is 5.10 Å². The van der Waals surface area contributed by atoms with E-state index in [1.54, 1.807) is 12.3 Å². The molecule has 1 heterocycles. The summed E-state index contributed by atoms with van der Waals surface area (Å²) < 4.78 is 6.57. The second-order valence-corrected chi connectivity index (χ2v) is 4.77. The molecule has 100 valence electrons. The fourth-order valence-corrected chi connectivity index (χ4v) is 2.01. The first-order chi connectivity index (χ1) is 8.90. The van der Waals surface area contributed by atoms with Crippen LogP contribution in [0.1, 0.15) is 44.0 Å². The quantitative estimate of drug-likeness (QED) is 0.615. The number of fused-ring (bicyclic) bond motifs is 1. The van der Waals surface area contributed by atoms with Gasteiger partial charge in [0.25, 0.3) is 0 Å². The minimum absolute atomic E-state index is 0.148. The van der Waals surface area contributed by atoms with Gasteiger partial charge in [-0.25, -0.2) is 4.68 Å².